The Morgan fingerprint density at radius 3 is 2.56 bits per heavy atom. The van der Waals surface area contributed by atoms with E-state index in [0.29, 0.717) is 5.88 Å². The van der Waals surface area contributed by atoms with E-state index in [9.17, 15) is 5.11 Å². The molecule has 0 saturated heterocycles. The van der Waals surface area contributed by atoms with E-state index >= 15 is 0 Å². The van der Waals surface area contributed by atoms with Crippen LogP contribution in [0, 0.1) is 0 Å². The molecule has 0 radical (unpaired) electrons. The topological polar surface area (TPSA) is 24.1 Å². The first kappa shape index (κ1) is 13.8. The van der Waals surface area contributed by atoms with Crippen molar-refractivity contribution >= 4 is 22.9 Å². The molecule has 0 fully saturated rings. The van der Waals surface area contributed by atoms with Crippen LogP contribution in [0.3, 0.4) is 0 Å². The lowest BCUT2D eigenvalue weighted by Gasteiger charge is -2.03. The average Bonchev–Trinajstić information content (AvgIpc) is 2.69. The molecule has 5 heteroatoms. The Bertz CT molecular complexity index is 553. The summed E-state index contributed by atoms with van der Waals surface area (Å²) in [6.45, 7) is 0.936. The molecule has 2 aromatic rings. The normalized spacial score (nSPS) is 13.8. The van der Waals surface area contributed by atoms with E-state index < -0.39 is 0 Å². The molecule has 0 atom stereocenters. The van der Waals surface area contributed by atoms with Crippen LogP contribution in [0.1, 0.15) is 17.8 Å². The van der Waals surface area contributed by atoms with Gasteiger partial charge < -0.3 is 22.1 Å². The van der Waals surface area contributed by atoms with Gasteiger partial charge >= 0.3 is 5.88 Å². The molecule has 0 unspecified atom stereocenters. The molecule has 2 nitrogen and oxygen atoms in total. The largest absolute Gasteiger partial charge is 1.00 e. The maximum Gasteiger partial charge on any atom is 0.384 e. The highest BCUT2D eigenvalue weighted by atomic mass is 79.9. The zero-order chi connectivity index (χ0) is 11.8. The van der Waals surface area contributed by atoms with Gasteiger partial charge in [-0.2, -0.15) is 4.57 Å². The van der Waals surface area contributed by atoms with Crippen molar-refractivity contribution in [2.24, 2.45) is 0 Å². The molecule has 96 valence electrons. The summed E-state index contributed by atoms with van der Waals surface area (Å²) in [4.78, 5) is 0.957. The van der Waals surface area contributed by atoms with Crippen molar-refractivity contribution in [3.63, 3.8) is 0 Å². The summed E-state index contributed by atoms with van der Waals surface area (Å²) in [5, 5.41) is 12.2. The van der Waals surface area contributed by atoms with Crippen molar-refractivity contribution in [2.45, 2.75) is 25.8 Å². The molecule has 3 rings (SSSR count). The summed E-state index contributed by atoms with van der Waals surface area (Å²) in [7, 11) is 0. The number of aromatic hydroxyl groups is 1. The number of nitrogens with zero attached hydrogens (tertiary/aromatic N) is 1. The number of halogens is 2. The predicted molar refractivity (Wildman–Crippen MR) is 69.6 cm³/mol. The third-order valence-corrected chi connectivity index (χ3v) is 4.64. The standard InChI is InChI=1S/C13H12ClNOS.BrH/c14-10-6-4-9(5-7-10)12-13(16)15-8-2-1-3-11(15)17-12;/h4-7H,1-3,8H2;1H. The molecule has 1 aromatic heterocycles. The molecular weight excluding hydrogens is 334 g/mol. The quantitative estimate of drug-likeness (QED) is 0.743. The van der Waals surface area contributed by atoms with Gasteiger partial charge in [0.2, 0.25) is 5.01 Å². The maximum atomic E-state index is 10.2. The third-order valence-electron chi connectivity index (χ3n) is 3.11. The van der Waals surface area contributed by atoms with Crippen molar-refractivity contribution in [1.82, 2.24) is 0 Å². The highest BCUT2D eigenvalue weighted by Gasteiger charge is 2.28. The molecule has 1 aromatic carbocycles. The Kier molecular flexibility index (Phi) is 4.30. The van der Waals surface area contributed by atoms with Gasteiger partial charge in [0.1, 0.15) is 0 Å². The summed E-state index contributed by atoms with van der Waals surface area (Å²) in [6.07, 6.45) is 3.45. The number of hydrogen-bond donors (Lipinski definition) is 1. The van der Waals surface area contributed by atoms with Crippen molar-refractivity contribution in [2.75, 3.05) is 0 Å². The Labute approximate surface area is 126 Å². The van der Waals surface area contributed by atoms with Crippen LogP contribution >= 0.6 is 22.9 Å². The van der Waals surface area contributed by atoms with Gasteiger partial charge in [-0.25, -0.2) is 0 Å². The van der Waals surface area contributed by atoms with E-state index in [1.807, 2.05) is 28.8 Å². The minimum absolute atomic E-state index is 0. The minimum atomic E-state index is 0. The number of aromatic nitrogens is 1. The highest BCUT2D eigenvalue weighted by molar-refractivity contribution is 7.15. The third kappa shape index (κ3) is 2.42. The summed E-state index contributed by atoms with van der Waals surface area (Å²) in [5.41, 5.74) is 1.04. The SMILES string of the molecule is Oc1c(-c2ccc(Cl)cc2)sc2[n+]1CCCC2.[Br-]. The van der Waals surface area contributed by atoms with E-state index in [0.717, 1.165) is 34.8 Å². The van der Waals surface area contributed by atoms with E-state index in [-0.39, 0.29) is 17.0 Å². The average molecular weight is 347 g/mol. The lowest BCUT2D eigenvalue weighted by Crippen LogP contribution is -3.00. The number of aryl methyl sites for hydroxylation is 1. The molecule has 0 spiro atoms. The predicted octanol–water partition coefficient (Wildman–Crippen LogP) is 0.402. The van der Waals surface area contributed by atoms with Gasteiger partial charge in [0.05, 0.1) is 0 Å². The second kappa shape index (κ2) is 5.59. The Balaban J connectivity index is 0.00000120. The Morgan fingerprint density at radius 2 is 1.89 bits per heavy atom. The van der Waals surface area contributed by atoms with E-state index in [2.05, 4.69) is 0 Å². The minimum Gasteiger partial charge on any atom is -1.00 e. The fraction of sp³-hybridized carbons (Fsp3) is 0.308. The van der Waals surface area contributed by atoms with Crippen molar-refractivity contribution < 1.29 is 26.7 Å². The fourth-order valence-corrected chi connectivity index (χ4v) is 3.56. The van der Waals surface area contributed by atoms with Crippen LogP contribution in [-0.2, 0) is 13.0 Å². The summed E-state index contributed by atoms with van der Waals surface area (Å²) >= 11 is 7.57. The Hall–Kier alpha value is -0.580. The number of hydrogen-bond acceptors (Lipinski definition) is 2. The van der Waals surface area contributed by atoms with E-state index in [1.54, 1.807) is 11.3 Å². The molecule has 0 bridgehead atoms. The van der Waals surface area contributed by atoms with Gasteiger partial charge in [-0.1, -0.05) is 35.1 Å². The fourth-order valence-electron chi connectivity index (χ4n) is 2.21. The van der Waals surface area contributed by atoms with Gasteiger partial charge in [0, 0.05) is 23.4 Å². The van der Waals surface area contributed by atoms with Crippen molar-refractivity contribution in [1.29, 1.82) is 0 Å². The first-order valence-corrected chi connectivity index (χ1v) is 6.95. The van der Waals surface area contributed by atoms with Crippen LogP contribution in [-0.4, -0.2) is 5.11 Å². The molecular formula is C13H13BrClNOS. The molecule has 0 saturated carbocycles. The van der Waals surface area contributed by atoms with Gasteiger partial charge in [-0.05, 0) is 18.6 Å². The number of fused-ring (bicyclic) bond motifs is 1. The molecule has 2 heterocycles. The molecule has 1 aliphatic rings. The summed E-state index contributed by atoms with van der Waals surface area (Å²) in [5.74, 6) is 0.409. The summed E-state index contributed by atoms with van der Waals surface area (Å²) < 4.78 is 2.04. The molecule has 1 N–H and O–H groups in total. The maximum absolute atomic E-state index is 10.2. The smallest absolute Gasteiger partial charge is 0.384 e. The van der Waals surface area contributed by atoms with Crippen LogP contribution in [0.15, 0.2) is 24.3 Å². The van der Waals surface area contributed by atoms with E-state index in [1.165, 1.54) is 11.4 Å². The second-order valence-electron chi connectivity index (χ2n) is 4.26. The first-order valence-electron chi connectivity index (χ1n) is 5.76. The van der Waals surface area contributed by atoms with Crippen LogP contribution in [0.5, 0.6) is 5.88 Å². The molecule has 0 amide bonds. The van der Waals surface area contributed by atoms with Crippen molar-refractivity contribution in [3.8, 4) is 16.3 Å². The zero-order valence-corrected chi connectivity index (χ0v) is 12.9. The van der Waals surface area contributed by atoms with E-state index in [4.69, 9.17) is 11.6 Å². The monoisotopic (exact) mass is 345 g/mol. The number of benzene rings is 1. The first-order chi connectivity index (χ1) is 8.25. The van der Waals surface area contributed by atoms with Gasteiger partial charge in [0.15, 0.2) is 11.4 Å². The van der Waals surface area contributed by atoms with Crippen molar-refractivity contribution in [3.05, 3.63) is 34.3 Å². The van der Waals surface area contributed by atoms with Crippen LogP contribution in [0.2, 0.25) is 5.02 Å². The van der Waals surface area contributed by atoms with Gasteiger partial charge in [-0.3, -0.25) is 0 Å². The summed E-state index contributed by atoms with van der Waals surface area (Å²) in [6, 6.07) is 7.64. The molecule has 1 aliphatic heterocycles. The van der Waals surface area contributed by atoms with Crippen LogP contribution in [0.25, 0.3) is 10.4 Å². The lowest BCUT2D eigenvalue weighted by atomic mass is 10.2. The Morgan fingerprint density at radius 1 is 1.17 bits per heavy atom. The lowest BCUT2D eigenvalue weighted by molar-refractivity contribution is -0.709. The van der Waals surface area contributed by atoms with Gasteiger partial charge in [0.25, 0.3) is 0 Å². The van der Waals surface area contributed by atoms with Crippen LogP contribution in [0.4, 0.5) is 0 Å². The van der Waals surface area contributed by atoms with Crippen LogP contribution < -0.4 is 21.5 Å². The zero-order valence-electron chi connectivity index (χ0n) is 9.70. The molecule has 0 aliphatic carbocycles. The molecule has 18 heavy (non-hydrogen) atoms. The highest BCUT2D eigenvalue weighted by Crippen LogP contribution is 2.35. The van der Waals surface area contributed by atoms with Gasteiger partial charge in [-0.15, -0.1) is 0 Å². The second-order valence-corrected chi connectivity index (χ2v) is 5.78. The number of thiazole rings is 1. The number of rotatable bonds is 1.